The van der Waals surface area contributed by atoms with Gasteiger partial charge in [0.15, 0.2) is 5.69 Å². The second-order valence-electron chi connectivity index (χ2n) is 4.81. The molecule has 1 atom stereocenters. The van der Waals surface area contributed by atoms with Crippen LogP contribution in [0, 0.1) is 5.92 Å². The van der Waals surface area contributed by atoms with Crippen LogP contribution in [0.25, 0.3) is 0 Å². The van der Waals surface area contributed by atoms with Gasteiger partial charge < -0.3 is 4.74 Å². The Kier molecular flexibility index (Phi) is 3.40. The van der Waals surface area contributed by atoms with Crippen molar-refractivity contribution < 1.29 is 22.7 Å². The van der Waals surface area contributed by atoms with Crippen molar-refractivity contribution in [3.05, 3.63) is 24.0 Å². The molecule has 1 unspecified atom stereocenters. The summed E-state index contributed by atoms with van der Waals surface area (Å²) < 4.78 is 44.2. The van der Waals surface area contributed by atoms with Crippen molar-refractivity contribution in [3.63, 3.8) is 0 Å². The van der Waals surface area contributed by atoms with E-state index in [1.54, 1.807) is 0 Å². The summed E-state index contributed by atoms with van der Waals surface area (Å²) in [7, 11) is 0. The Bertz CT molecular complexity index is 601. The van der Waals surface area contributed by atoms with Gasteiger partial charge in [-0.05, 0) is 18.6 Å². The molecule has 0 radical (unpaired) electrons. The molecule has 2 aliphatic rings. The number of pyridine rings is 1. The van der Waals surface area contributed by atoms with E-state index in [4.69, 9.17) is 4.74 Å². The first-order valence-corrected chi connectivity index (χ1v) is 6.50. The average Bonchev–Trinajstić information content (AvgIpc) is 2.63. The fourth-order valence-corrected chi connectivity index (χ4v) is 2.49. The monoisotopic (exact) mass is 299 g/mol. The summed E-state index contributed by atoms with van der Waals surface area (Å²) in [6.07, 6.45) is -2.69. The lowest BCUT2D eigenvalue weighted by Crippen LogP contribution is -2.29. The first kappa shape index (κ1) is 14.0. The highest BCUT2D eigenvalue weighted by Gasteiger charge is 2.42. The molecule has 112 valence electrons. The molecule has 3 rings (SSSR count). The minimum absolute atomic E-state index is 0.323. The van der Waals surface area contributed by atoms with Gasteiger partial charge in [0.05, 0.1) is 23.9 Å². The van der Waals surface area contributed by atoms with Crippen LogP contribution in [0.15, 0.2) is 23.4 Å². The van der Waals surface area contributed by atoms with Crippen LogP contribution in [0.3, 0.4) is 0 Å². The number of halogens is 3. The molecule has 21 heavy (non-hydrogen) atoms. The summed E-state index contributed by atoms with van der Waals surface area (Å²) in [6.45, 7) is 0.831. The Morgan fingerprint density at radius 2 is 2.14 bits per heavy atom. The Balaban J connectivity index is 2.00. The van der Waals surface area contributed by atoms with E-state index in [0.717, 1.165) is 11.2 Å². The Hall–Kier alpha value is -1.96. The summed E-state index contributed by atoms with van der Waals surface area (Å²) in [5, 5.41) is 4.91. The standard InChI is InChI=1S/C13H12F3N3O2/c14-13(15,16)11-10(2-1-5-17-11)19-12(20)8-3-6-21-7-4-9(8)18-19/h1-2,5,8H,3-4,6-7H2. The molecule has 0 N–H and O–H groups in total. The van der Waals surface area contributed by atoms with Crippen LogP contribution in [0.5, 0.6) is 0 Å². The van der Waals surface area contributed by atoms with E-state index in [-0.39, 0.29) is 5.69 Å². The van der Waals surface area contributed by atoms with E-state index in [1.165, 1.54) is 12.1 Å². The minimum Gasteiger partial charge on any atom is -0.381 e. The summed E-state index contributed by atoms with van der Waals surface area (Å²) in [4.78, 5) is 15.7. The topological polar surface area (TPSA) is 54.8 Å². The van der Waals surface area contributed by atoms with E-state index in [0.29, 0.717) is 31.8 Å². The first-order chi connectivity index (χ1) is 9.98. The van der Waals surface area contributed by atoms with Gasteiger partial charge in [-0.25, -0.2) is 4.98 Å². The molecule has 0 saturated carbocycles. The van der Waals surface area contributed by atoms with Crippen LogP contribution in [0.1, 0.15) is 18.5 Å². The average molecular weight is 299 g/mol. The van der Waals surface area contributed by atoms with Crippen LogP contribution in [0.2, 0.25) is 0 Å². The molecule has 0 bridgehead atoms. The van der Waals surface area contributed by atoms with Crippen LogP contribution in [-0.2, 0) is 15.7 Å². The lowest BCUT2D eigenvalue weighted by Gasteiger charge is -2.18. The number of hydrazone groups is 1. The number of aromatic nitrogens is 1. The zero-order valence-electron chi connectivity index (χ0n) is 10.9. The van der Waals surface area contributed by atoms with Gasteiger partial charge in [-0.15, -0.1) is 0 Å². The molecular formula is C13H12F3N3O2. The molecule has 1 aromatic rings. The molecule has 2 aliphatic heterocycles. The highest BCUT2D eigenvalue weighted by atomic mass is 19.4. The number of ether oxygens (including phenoxy) is 1. The van der Waals surface area contributed by atoms with Crippen molar-refractivity contribution >= 4 is 17.3 Å². The van der Waals surface area contributed by atoms with Gasteiger partial charge in [-0.1, -0.05) is 0 Å². The van der Waals surface area contributed by atoms with Gasteiger partial charge in [-0.2, -0.15) is 23.3 Å². The van der Waals surface area contributed by atoms with Crippen molar-refractivity contribution in [2.75, 3.05) is 18.2 Å². The van der Waals surface area contributed by atoms with Crippen molar-refractivity contribution in [2.24, 2.45) is 11.0 Å². The molecule has 5 nitrogen and oxygen atoms in total. The lowest BCUT2D eigenvalue weighted by atomic mass is 9.98. The number of carbonyl (C=O) groups excluding carboxylic acids is 1. The Morgan fingerprint density at radius 1 is 1.33 bits per heavy atom. The molecule has 0 spiro atoms. The van der Waals surface area contributed by atoms with Gasteiger partial charge in [-0.3, -0.25) is 4.79 Å². The van der Waals surface area contributed by atoms with E-state index in [2.05, 4.69) is 10.1 Å². The summed E-state index contributed by atoms with van der Waals surface area (Å²) in [5.74, 6) is -0.942. The van der Waals surface area contributed by atoms with E-state index >= 15 is 0 Å². The van der Waals surface area contributed by atoms with E-state index < -0.39 is 23.7 Å². The van der Waals surface area contributed by atoms with Crippen molar-refractivity contribution in [1.82, 2.24) is 4.98 Å². The third kappa shape index (κ3) is 2.51. The number of nitrogens with zero attached hydrogens (tertiary/aromatic N) is 3. The number of carbonyl (C=O) groups is 1. The highest BCUT2D eigenvalue weighted by Crippen LogP contribution is 2.37. The Morgan fingerprint density at radius 3 is 2.90 bits per heavy atom. The zero-order chi connectivity index (χ0) is 15.0. The van der Waals surface area contributed by atoms with Crippen LogP contribution >= 0.6 is 0 Å². The minimum atomic E-state index is -4.63. The molecule has 8 heteroatoms. The smallest absolute Gasteiger partial charge is 0.381 e. The number of fused-ring (bicyclic) bond motifs is 1. The second kappa shape index (κ2) is 5.10. The first-order valence-electron chi connectivity index (χ1n) is 6.50. The van der Waals surface area contributed by atoms with Gasteiger partial charge >= 0.3 is 6.18 Å². The van der Waals surface area contributed by atoms with Gasteiger partial charge in [0.25, 0.3) is 5.91 Å². The van der Waals surface area contributed by atoms with Crippen molar-refractivity contribution in [3.8, 4) is 0 Å². The maximum absolute atomic E-state index is 13.0. The summed E-state index contributed by atoms with van der Waals surface area (Å²) in [6, 6.07) is 2.56. The largest absolute Gasteiger partial charge is 0.435 e. The predicted octanol–water partition coefficient (Wildman–Crippen LogP) is 2.23. The highest BCUT2D eigenvalue weighted by molar-refractivity contribution is 6.15. The van der Waals surface area contributed by atoms with Gasteiger partial charge in [0.1, 0.15) is 0 Å². The molecule has 0 aliphatic carbocycles. The SMILES string of the molecule is O=C1C2CCOCCC2=NN1c1cccnc1C(F)(F)F. The van der Waals surface area contributed by atoms with Crippen LogP contribution < -0.4 is 5.01 Å². The van der Waals surface area contributed by atoms with E-state index in [1.807, 2.05) is 0 Å². The molecule has 1 saturated heterocycles. The number of hydrogen-bond acceptors (Lipinski definition) is 4. The summed E-state index contributed by atoms with van der Waals surface area (Å²) >= 11 is 0. The number of rotatable bonds is 1. The summed E-state index contributed by atoms with van der Waals surface area (Å²) in [5.41, 5.74) is -0.846. The molecule has 1 aromatic heterocycles. The number of amides is 1. The normalized spacial score (nSPS) is 22.8. The fraction of sp³-hybridized carbons (Fsp3) is 0.462. The number of hydrogen-bond donors (Lipinski definition) is 0. The third-order valence-corrected chi connectivity index (χ3v) is 3.47. The lowest BCUT2D eigenvalue weighted by molar-refractivity contribution is -0.140. The number of alkyl halides is 3. The maximum Gasteiger partial charge on any atom is 0.435 e. The molecule has 1 amide bonds. The van der Waals surface area contributed by atoms with Gasteiger partial charge in [0, 0.05) is 19.2 Å². The third-order valence-electron chi connectivity index (χ3n) is 3.47. The number of anilines is 1. The van der Waals surface area contributed by atoms with Gasteiger partial charge in [0.2, 0.25) is 0 Å². The van der Waals surface area contributed by atoms with E-state index in [9.17, 15) is 18.0 Å². The molecule has 0 aromatic carbocycles. The second-order valence-corrected chi connectivity index (χ2v) is 4.81. The quantitative estimate of drug-likeness (QED) is 0.799. The molecular weight excluding hydrogens is 287 g/mol. The van der Waals surface area contributed by atoms with Crippen LogP contribution in [-0.4, -0.2) is 29.8 Å². The van der Waals surface area contributed by atoms with Crippen molar-refractivity contribution in [2.45, 2.75) is 19.0 Å². The van der Waals surface area contributed by atoms with Crippen LogP contribution in [0.4, 0.5) is 18.9 Å². The molecule has 1 fully saturated rings. The predicted molar refractivity (Wildman–Crippen MR) is 67.7 cm³/mol. The van der Waals surface area contributed by atoms with Crippen molar-refractivity contribution in [1.29, 1.82) is 0 Å². The maximum atomic E-state index is 13.0. The Labute approximate surface area is 118 Å². The molecule has 3 heterocycles. The zero-order valence-corrected chi connectivity index (χ0v) is 10.9. The fourth-order valence-electron chi connectivity index (χ4n) is 2.49.